The van der Waals surface area contributed by atoms with Gasteiger partial charge < -0.3 is 24.2 Å². The van der Waals surface area contributed by atoms with Crippen LogP contribution in [0, 0.1) is 0 Å². The van der Waals surface area contributed by atoms with Crippen LogP contribution in [0.4, 0.5) is 0 Å². The van der Waals surface area contributed by atoms with Gasteiger partial charge in [0.25, 0.3) is 10.1 Å². The first-order valence-corrected chi connectivity index (χ1v) is 19.8. The van der Waals surface area contributed by atoms with Crippen LogP contribution >= 0.6 is 0 Å². The molecule has 0 aliphatic carbocycles. The zero-order valence-electron chi connectivity index (χ0n) is 29.3. The molecule has 272 valence electrons. The minimum Gasteiger partial charge on any atom is -0.869 e. The normalized spacial score (nSPS) is 11.2. The summed E-state index contributed by atoms with van der Waals surface area (Å²) in [5.74, 6) is -0.709. The van der Waals surface area contributed by atoms with Crippen LogP contribution in [0.15, 0.2) is 94.7 Å². The number of para-hydroxylation sites is 2. The Hall–Kier alpha value is -2.84. The van der Waals surface area contributed by atoms with E-state index in [1.807, 2.05) is 6.07 Å². The van der Waals surface area contributed by atoms with Crippen LogP contribution in [-0.4, -0.2) is 68.8 Å². The molecule has 0 atom stereocenters. The van der Waals surface area contributed by atoms with Crippen molar-refractivity contribution in [3.63, 3.8) is 0 Å². The first-order chi connectivity index (χ1) is 23.8. The van der Waals surface area contributed by atoms with Crippen LogP contribution in [0.3, 0.4) is 0 Å². The van der Waals surface area contributed by atoms with E-state index in [9.17, 15) is 36.2 Å². The summed E-state index contributed by atoms with van der Waals surface area (Å²) in [6, 6.07) is 23.0. The standard InChI is InChI=1S/2C19H24O5S.Ca/c2*1-2-3-4-5-7-10-15-13-17(24-16-11-8-6-9-12-16)19(20)18(14-15)25(21,22)23;/h2*6,8-9,11-14,20H,2-5,7,10H2,1H3,(H,21,22,23);/q;;+2/p-2. The SMILES string of the molecule is CCCCCCCc1cc(Oc2ccccc2)c(O)c(S(=O)(=O)O)c1.CCCCCCCc1cc(Oc2ccccc2)c([O-])c(S(=O)(=O)[O-])c1.[Ca+2]. The van der Waals surface area contributed by atoms with Gasteiger partial charge in [0.05, 0.1) is 4.90 Å². The number of benzene rings is 4. The number of aryl methyl sites for hydroxylation is 2. The first-order valence-electron chi connectivity index (χ1n) is 16.9. The van der Waals surface area contributed by atoms with E-state index in [0.717, 1.165) is 57.8 Å². The molecule has 0 fully saturated rings. The summed E-state index contributed by atoms with van der Waals surface area (Å²) < 4.78 is 77.9. The summed E-state index contributed by atoms with van der Waals surface area (Å²) >= 11 is 0. The summed E-state index contributed by atoms with van der Waals surface area (Å²) in [7, 11) is -9.39. The van der Waals surface area contributed by atoms with Crippen LogP contribution in [0.25, 0.3) is 0 Å². The fourth-order valence-corrected chi connectivity index (χ4v) is 6.46. The molecule has 0 aromatic heterocycles. The van der Waals surface area contributed by atoms with E-state index in [1.54, 1.807) is 60.7 Å². The van der Waals surface area contributed by atoms with Crippen molar-refractivity contribution >= 4 is 58.0 Å². The van der Waals surface area contributed by atoms with E-state index < -0.39 is 41.5 Å². The molecule has 0 bridgehead atoms. The quantitative estimate of drug-likeness (QED) is 0.0568. The predicted molar refractivity (Wildman–Crippen MR) is 195 cm³/mol. The van der Waals surface area contributed by atoms with Crippen LogP contribution < -0.4 is 14.6 Å². The molecule has 0 aliphatic heterocycles. The smallest absolute Gasteiger partial charge is 0.869 e. The van der Waals surface area contributed by atoms with Gasteiger partial charge in [0, 0.05) is 0 Å². The molecule has 13 heteroatoms. The van der Waals surface area contributed by atoms with E-state index in [4.69, 9.17) is 9.47 Å². The molecule has 4 aromatic carbocycles. The van der Waals surface area contributed by atoms with E-state index in [0.29, 0.717) is 35.5 Å². The van der Waals surface area contributed by atoms with Gasteiger partial charge in [-0.25, -0.2) is 8.42 Å². The molecule has 10 nitrogen and oxygen atoms in total. The summed E-state index contributed by atoms with van der Waals surface area (Å²) in [6.45, 7) is 4.27. The number of hydrogen-bond donors (Lipinski definition) is 2. The number of phenolic OH excluding ortho intramolecular Hbond substituents is 1. The van der Waals surface area contributed by atoms with Gasteiger partial charge in [-0.3, -0.25) is 4.55 Å². The van der Waals surface area contributed by atoms with Gasteiger partial charge >= 0.3 is 37.7 Å². The monoisotopic (exact) mass is 766 g/mol. The second-order valence-electron chi connectivity index (χ2n) is 11.9. The molecule has 0 amide bonds. The second-order valence-corrected chi connectivity index (χ2v) is 14.7. The first kappa shape index (κ1) is 44.3. The van der Waals surface area contributed by atoms with Crippen molar-refractivity contribution in [1.82, 2.24) is 0 Å². The van der Waals surface area contributed by atoms with Crippen molar-refractivity contribution in [3.05, 3.63) is 96.1 Å². The molecule has 0 radical (unpaired) electrons. The Labute approximate surface area is 332 Å². The average Bonchev–Trinajstić information content (AvgIpc) is 3.07. The van der Waals surface area contributed by atoms with Crippen molar-refractivity contribution in [3.8, 4) is 34.5 Å². The third kappa shape index (κ3) is 15.3. The molecule has 4 rings (SSSR count). The zero-order valence-corrected chi connectivity index (χ0v) is 33.1. The van der Waals surface area contributed by atoms with Gasteiger partial charge in [0.15, 0.2) is 11.5 Å². The van der Waals surface area contributed by atoms with Gasteiger partial charge in [0.2, 0.25) is 0 Å². The van der Waals surface area contributed by atoms with Crippen molar-refractivity contribution in [1.29, 1.82) is 0 Å². The Bertz CT molecular complexity index is 1710. The molecule has 51 heavy (non-hydrogen) atoms. The third-order valence-corrected chi connectivity index (χ3v) is 9.52. The van der Waals surface area contributed by atoms with E-state index >= 15 is 0 Å². The van der Waals surface area contributed by atoms with Crippen LogP contribution in [-0.2, 0) is 33.1 Å². The third-order valence-electron chi connectivity index (χ3n) is 7.81. The summed E-state index contributed by atoms with van der Waals surface area (Å²) in [5, 5.41) is 22.5. The summed E-state index contributed by atoms with van der Waals surface area (Å²) in [6.07, 6.45) is 11.9. The summed E-state index contributed by atoms with van der Waals surface area (Å²) in [5.41, 5.74) is 1.32. The molecule has 0 spiro atoms. The maximum absolute atomic E-state index is 12.3. The Morgan fingerprint density at radius 3 is 1.45 bits per heavy atom. The number of ether oxygens (including phenoxy) is 2. The van der Waals surface area contributed by atoms with Gasteiger partial charge in [-0.05, 0) is 91.1 Å². The van der Waals surface area contributed by atoms with E-state index in [2.05, 4.69) is 13.8 Å². The van der Waals surface area contributed by atoms with E-state index in [-0.39, 0.29) is 49.2 Å². The van der Waals surface area contributed by atoms with Crippen molar-refractivity contribution in [2.75, 3.05) is 0 Å². The van der Waals surface area contributed by atoms with Crippen LogP contribution in [0.1, 0.15) is 89.2 Å². The molecular weight excluding hydrogens is 721 g/mol. The summed E-state index contributed by atoms with van der Waals surface area (Å²) in [4.78, 5) is -1.27. The van der Waals surface area contributed by atoms with E-state index in [1.165, 1.54) is 24.6 Å². The molecule has 0 unspecified atom stereocenters. The topological polar surface area (TPSA) is 173 Å². The molecular formula is C38H46CaO10S2. The van der Waals surface area contributed by atoms with Crippen molar-refractivity contribution < 1.29 is 45.6 Å². The average molecular weight is 767 g/mol. The minimum absolute atomic E-state index is 0. The van der Waals surface area contributed by atoms with Crippen LogP contribution in [0.2, 0.25) is 0 Å². The molecule has 2 N–H and O–H groups in total. The Morgan fingerprint density at radius 1 is 0.608 bits per heavy atom. The zero-order chi connectivity index (χ0) is 36.6. The Balaban J connectivity index is 0.000000347. The minimum atomic E-state index is -4.85. The number of aromatic hydroxyl groups is 1. The number of unbranched alkanes of at least 4 members (excludes halogenated alkanes) is 8. The number of phenols is 1. The van der Waals surface area contributed by atoms with Gasteiger partial charge in [-0.2, -0.15) is 8.42 Å². The molecule has 0 heterocycles. The van der Waals surface area contributed by atoms with Gasteiger partial charge in [-0.15, -0.1) is 0 Å². The van der Waals surface area contributed by atoms with Gasteiger partial charge in [0.1, 0.15) is 32.3 Å². The van der Waals surface area contributed by atoms with Gasteiger partial charge in [-0.1, -0.05) is 102 Å². The fourth-order valence-electron chi connectivity index (χ4n) is 5.19. The fraction of sp³-hybridized carbons (Fsp3) is 0.368. The Morgan fingerprint density at radius 2 is 1.02 bits per heavy atom. The predicted octanol–water partition coefficient (Wildman–Crippen LogP) is 8.53. The number of hydrogen-bond acceptors (Lipinski definition) is 9. The Kier molecular flexibility index (Phi) is 19.4. The molecule has 4 aromatic rings. The van der Waals surface area contributed by atoms with Crippen LogP contribution in [0.5, 0.6) is 34.5 Å². The number of rotatable bonds is 18. The second kappa shape index (κ2) is 22.3. The van der Waals surface area contributed by atoms with Crippen molar-refractivity contribution in [2.24, 2.45) is 0 Å². The molecule has 0 saturated heterocycles. The molecule has 0 aliphatic rings. The van der Waals surface area contributed by atoms with Crippen molar-refractivity contribution in [2.45, 2.75) is 101 Å². The molecule has 0 saturated carbocycles. The largest absolute Gasteiger partial charge is 2.00 e. The maximum Gasteiger partial charge on any atom is 2.00 e. The maximum atomic E-state index is 12.3.